The van der Waals surface area contributed by atoms with Crippen molar-refractivity contribution >= 4 is 50.7 Å². The van der Waals surface area contributed by atoms with Crippen molar-refractivity contribution < 1.29 is 18.0 Å². The maximum atomic E-state index is 14.5. The second-order valence-electron chi connectivity index (χ2n) is 10.9. The summed E-state index contributed by atoms with van der Waals surface area (Å²) in [6, 6.07) is 28.1. The number of halogens is 2. The average molecular weight is 667 g/mol. The minimum absolute atomic E-state index is 0.00728. The molecule has 0 saturated heterocycles. The van der Waals surface area contributed by atoms with Crippen LogP contribution in [0.25, 0.3) is 0 Å². The van der Waals surface area contributed by atoms with Gasteiger partial charge in [0.2, 0.25) is 11.8 Å². The van der Waals surface area contributed by atoms with E-state index in [1.807, 2.05) is 51.1 Å². The molecule has 7 nitrogen and oxygen atoms in total. The van der Waals surface area contributed by atoms with E-state index in [0.717, 1.165) is 15.4 Å². The smallest absolute Gasteiger partial charge is 0.264 e. The zero-order valence-corrected chi connectivity index (χ0v) is 27.8. The summed E-state index contributed by atoms with van der Waals surface area (Å²) in [5.41, 5.74) is 2.72. The monoisotopic (exact) mass is 665 g/mol. The standard InChI is InChI=1S/C35H37Cl2N3O4S/c1-4-26(3)38-35(42)33(22-27-10-6-5-7-11-27)39(23-28-12-8-9-13-32(28)37)34(41)24-40(30-18-14-25(2)15-19-30)45(43,44)31-20-16-29(36)17-21-31/h5-21,26,33H,4,22-24H2,1-3H3,(H,38,42). The third-order valence-corrected chi connectivity index (χ3v) is 9.98. The number of anilines is 1. The molecule has 2 amide bonds. The van der Waals surface area contributed by atoms with Gasteiger partial charge in [0.25, 0.3) is 10.0 Å². The van der Waals surface area contributed by atoms with Gasteiger partial charge in [-0.25, -0.2) is 8.42 Å². The van der Waals surface area contributed by atoms with Crippen molar-refractivity contribution in [2.24, 2.45) is 0 Å². The predicted octanol–water partition coefficient (Wildman–Crippen LogP) is 7.05. The SMILES string of the molecule is CCC(C)NC(=O)C(Cc1ccccc1)N(Cc1ccccc1Cl)C(=O)CN(c1ccc(C)cc1)S(=O)(=O)c1ccc(Cl)cc1. The number of hydrogen-bond donors (Lipinski definition) is 1. The molecule has 45 heavy (non-hydrogen) atoms. The van der Waals surface area contributed by atoms with Crippen molar-refractivity contribution in [3.8, 4) is 0 Å². The lowest BCUT2D eigenvalue weighted by molar-refractivity contribution is -0.140. The molecule has 0 aromatic heterocycles. The summed E-state index contributed by atoms with van der Waals surface area (Å²) in [5, 5.41) is 3.84. The van der Waals surface area contributed by atoms with Gasteiger partial charge in [-0.1, -0.05) is 96.4 Å². The fourth-order valence-corrected chi connectivity index (χ4v) is 6.51. The lowest BCUT2D eigenvalue weighted by atomic mass is 10.0. The van der Waals surface area contributed by atoms with Crippen molar-refractivity contribution in [3.63, 3.8) is 0 Å². The van der Waals surface area contributed by atoms with E-state index < -0.39 is 28.5 Å². The number of carbonyl (C=O) groups excluding carboxylic acids is 2. The highest BCUT2D eigenvalue weighted by molar-refractivity contribution is 7.92. The van der Waals surface area contributed by atoms with E-state index in [-0.39, 0.29) is 29.8 Å². The van der Waals surface area contributed by atoms with Gasteiger partial charge in [0.1, 0.15) is 12.6 Å². The van der Waals surface area contributed by atoms with Crippen LogP contribution in [0.5, 0.6) is 0 Å². The quantitative estimate of drug-likeness (QED) is 0.166. The number of benzene rings is 4. The Kier molecular flexibility index (Phi) is 11.7. The highest BCUT2D eigenvalue weighted by Gasteiger charge is 2.35. The Morgan fingerprint density at radius 2 is 1.47 bits per heavy atom. The van der Waals surface area contributed by atoms with Crippen LogP contribution < -0.4 is 9.62 Å². The number of aryl methyl sites for hydroxylation is 1. The first-order chi connectivity index (χ1) is 21.5. The second kappa shape index (κ2) is 15.4. The summed E-state index contributed by atoms with van der Waals surface area (Å²) in [5.74, 6) is -0.899. The lowest BCUT2D eigenvalue weighted by Gasteiger charge is -2.34. The number of rotatable bonds is 13. The number of nitrogens with one attached hydrogen (secondary N) is 1. The molecule has 0 bridgehead atoms. The minimum atomic E-state index is -4.22. The molecule has 4 aromatic rings. The molecule has 0 heterocycles. The van der Waals surface area contributed by atoms with Crippen LogP contribution in [-0.4, -0.2) is 43.8 Å². The molecule has 0 spiro atoms. The Labute approximate surface area is 275 Å². The van der Waals surface area contributed by atoms with Crippen LogP contribution in [0, 0.1) is 6.92 Å². The van der Waals surface area contributed by atoms with E-state index in [1.165, 1.54) is 29.2 Å². The van der Waals surface area contributed by atoms with Crippen LogP contribution in [0.1, 0.15) is 37.0 Å². The molecule has 0 radical (unpaired) electrons. The minimum Gasteiger partial charge on any atom is -0.352 e. The van der Waals surface area contributed by atoms with Crippen molar-refractivity contribution in [2.45, 2.75) is 57.1 Å². The third-order valence-electron chi connectivity index (χ3n) is 7.57. The molecule has 10 heteroatoms. The molecule has 1 N–H and O–H groups in total. The van der Waals surface area contributed by atoms with Gasteiger partial charge >= 0.3 is 0 Å². The average Bonchev–Trinajstić information content (AvgIpc) is 3.03. The summed E-state index contributed by atoms with van der Waals surface area (Å²) < 4.78 is 29.3. The van der Waals surface area contributed by atoms with Crippen LogP contribution in [0.3, 0.4) is 0 Å². The van der Waals surface area contributed by atoms with E-state index in [0.29, 0.717) is 27.7 Å². The summed E-state index contributed by atoms with van der Waals surface area (Å²) >= 11 is 12.6. The molecule has 0 aliphatic carbocycles. The first-order valence-electron chi connectivity index (χ1n) is 14.7. The topological polar surface area (TPSA) is 86.8 Å². The maximum absolute atomic E-state index is 14.5. The van der Waals surface area contributed by atoms with E-state index in [9.17, 15) is 18.0 Å². The molecular formula is C35H37Cl2N3O4S. The summed E-state index contributed by atoms with van der Waals surface area (Å²) in [4.78, 5) is 29.8. The molecular weight excluding hydrogens is 629 g/mol. The largest absolute Gasteiger partial charge is 0.352 e. The summed E-state index contributed by atoms with van der Waals surface area (Å²) in [6.07, 6.45) is 0.913. The number of sulfonamides is 1. The lowest BCUT2D eigenvalue weighted by Crippen LogP contribution is -2.54. The molecule has 0 aliphatic rings. The van der Waals surface area contributed by atoms with Gasteiger partial charge in [-0.15, -0.1) is 0 Å². The summed E-state index contributed by atoms with van der Waals surface area (Å²) in [6.45, 7) is 5.19. The Morgan fingerprint density at radius 3 is 2.09 bits per heavy atom. The van der Waals surface area contributed by atoms with Gasteiger partial charge in [0, 0.05) is 29.1 Å². The van der Waals surface area contributed by atoms with Crippen LogP contribution in [0.2, 0.25) is 10.0 Å². The van der Waals surface area contributed by atoms with Crippen molar-refractivity contribution in [1.29, 1.82) is 0 Å². The number of carbonyl (C=O) groups is 2. The first-order valence-corrected chi connectivity index (χ1v) is 16.9. The Morgan fingerprint density at radius 1 is 0.844 bits per heavy atom. The van der Waals surface area contributed by atoms with E-state index in [4.69, 9.17) is 23.2 Å². The molecule has 0 aliphatic heterocycles. The van der Waals surface area contributed by atoms with Crippen molar-refractivity contribution in [2.75, 3.05) is 10.8 Å². The highest BCUT2D eigenvalue weighted by atomic mass is 35.5. The fraction of sp³-hybridized carbons (Fsp3) is 0.257. The van der Waals surface area contributed by atoms with Gasteiger partial charge in [-0.2, -0.15) is 0 Å². The number of hydrogen-bond acceptors (Lipinski definition) is 4. The second-order valence-corrected chi connectivity index (χ2v) is 13.6. The van der Waals surface area contributed by atoms with Crippen molar-refractivity contribution in [3.05, 3.63) is 130 Å². The fourth-order valence-electron chi connectivity index (χ4n) is 4.78. The van der Waals surface area contributed by atoms with Crippen LogP contribution in [0.4, 0.5) is 5.69 Å². The Hall–Kier alpha value is -3.85. The van der Waals surface area contributed by atoms with E-state index in [1.54, 1.807) is 48.5 Å². The van der Waals surface area contributed by atoms with Crippen LogP contribution in [-0.2, 0) is 32.6 Å². The molecule has 4 rings (SSSR count). The Bertz CT molecular complexity index is 1700. The number of amides is 2. The Balaban J connectivity index is 1.81. The number of nitrogens with zero attached hydrogens (tertiary/aromatic N) is 2. The van der Waals surface area contributed by atoms with E-state index >= 15 is 0 Å². The van der Waals surface area contributed by atoms with Crippen molar-refractivity contribution in [1.82, 2.24) is 10.2 Å². The van der Waals surface area contributed by atoms with Gasteiger partial charge in [-0.3, -0.25) is 13.9 Å². The first kappa shape index (κ1) is 34.0. The van der Waals surface area contributed by atoms with Crippen LogP contribution >= 0.6 is 23.2 Å². The molecule has 2 unspecified atom stereocenters. The van der Waals surface area contributed by atoms with Gasteiger partial charge in [0.05, 0.1) is 10.6 Å². The summed E-state index contributed by atoms with van der Waals surface area (Å²) in [7, 11) is -4.22. The molecule has 0 saturated carbocycles. The molecule has 2 atom stereocenters. The third kappa shape index (κ3) is 8.87. The molecule has 4 aromatic carbocycles. The highest BCUT2D eigenvalue weighted by Crippen LogP contribution is 2.27. The zero-order valence-electron chi connectivity index (χ0n) is 25.5. The predicted molar refractivity (Wildman–Crippen MR) is 181 cm³/mol. The van der Waals surface area contributed by atoms with E-state index in [2.05, 4.69) is 5.32 Å². The molecule has 236 valence electrons. The van der Waals surface area contributed by atoms with Gasteiger partial charge in [0.15, 0.2) is 0 Å². The van der Waals surface area contributed by atoms with Gasteiger partial charge < -0.3 is 10.2 Å². The normalized spacial score (nSPS) is 12.6. The molecule has 0 fully saturated rings. The zero-order chi connectivity index (χ0) is 32.6. The maximum Gasteiger partial charge on any atom is 0.264 e. The van der Waals surface area contributed by atoms with Crippen LogP contribution in [0.15, 0.2) is 108 Å². The van der Waals surface area contributed by atoms with Gasteiger partial charge in [-0.05, 0) is 73.9 Å².